The number of fused-ring (bicyclic) bond motifs is 3. The van der Waals surface area contributed by atoms with Gasteiger partial charge in [-0.2, -0.15) is 0 Å². The van der Waals surface area contributed by atoms with Gasteiger partial charge in [-0.15, -0.1) is 11.3 Å². The van der Waals surface area contributed by atoms with Crippen molar-refractivity contribution in [2.24, 2.45) is 0 Å². The third kappa shape index (κ3) is 1.05. The van der Waals surface area contributed by atoms with Crippen LogP contribution in [0, 0.1) is 0 Å². The van der Waals surface area contributed by atoms with Crippen LogP contribution in [0.3, 0.4) is 0 Å². The first-order valence-electron chi connectivity index (χ1n) is 4.82. The number of thiophene rings is 1. The van der Waals surface area contributed by atoms with Gasteiger partial charge >= 0.3 is 0 Å². The molecule has 0 saturated carbocycles. The zero-order valence-corrected chi connectivity index (χ0v) is 9.43. The first-order chi connectivity index (χ1) is 7.72. The lowest BCUT2D eigenvalue weighted by atomic mass is 10.1. The molecule has 3 rings (SSSR count). The summed E-state index contributed by atoms with van der Waals surface area (Å²) in [7, 11) is 1.61. The molecule has 1 aromatic carbocycles. The molecule has 0 atom stereocenters. The first-order valence-corrected chi connectivity index (χ1v) is 5.70. The second-order valence-electron chi connectivity index (χ2n) is 3.63. The lowest BCUT2D eigenvalue weighted by Crippen LogP contribution is -1.97. The smallest absolute Gasteiger partial charge is 0.197 e. The van der Waals surface area contributed by atoms with E-state index in [9.17, 15) is 4.79 Å². The highest BCUT2D eigenvalue weighted by molar-refractivity contribution is 7.15. The largest absolute Gasteiger partial charge is 0.497 e. The summed E-state index contributed by atoms with van der Waals surface area (Å²) < 4.78 is 5.16. The van der Waals surface area contributed by atoms with Crippen molar-refractivity contribution in [2.75, 3.05) is 12.8 Å². The highest BCUT2D eigenvalue weighted by Gasteiger charge is 2.30. The minimum absolute atomic E-state index is 0.0198. The standard InChI is InChI=1S/C12H9NO2S/c1-15-6-2-3-7-8(4-6)9-5-16-12(13)10(9)11(7)14/h2-5H,13H2,1H3. The fraction of sp³-hybridized carbons (Fsp3) is 0.0833. The molecule has 0 unspecified atom stereocenters. The molecule has 0 radical (unpaired) electrons. The van der Waals surface area contributed by atoms with Crippen molar-refractivity contribution in [2.45, 2.75) is 0 Å². The molecule has 0 saturated heterocycles. The first kappa shape index (κ1) is 9.42. The quantitative estimate of drug-likeness (QED) is 0.700. The van der Waals surface area contributed by atoms with E-state index in [4.69, 9.17) is 10.5 Å². The number of carbonyl (C=O) groups is 1. The third-order valence-corrected chi connectivity index (χ3v) is 3.62. The molecule has 16 heavy (non-hydrogen) atoms. The number of benzene rings is 1. The van der Waals surface area contributed by atoms with E-state index in [2.05, 4.69) is 0 Å². The van der Waals surface area contributed by atoms with Crippen molar-refractivity contribution in [3.05, 3.63) is 34.7 Å². The normalized spacial score (nSPS) is 12.4. The molecule has 80 valence electrons. The molecule has 1 aliphatic rings. The molecule has 1 aliphatic carbocycles. The number of anilines is 1. The minimum Gasteiger partial charge on any atom is -0.497 e. The lowest BCUT2D eigenvalue weighted by Gasteiger charge is -2.02. The number of nitrogen functional groups attached to an aromatic ring is 1. The van der Waals surface area contributed by atoms with Crippen molar-refractivity contribution >= 4 is 22.1 Å². The van der Waals surface area contributed by atoms with Gasteiger partial charge in [-0.1, -0.05) is 0 Å². The van der Waals surface area contributed by atoms with Gasteiger partial charge in [-0.25, -0.2) is 0 Å². The van der Waals surface area contributed by atoms with Gasteiger partial charge in [0.05, 0.1) is 17.7 Å². The van der Waals surface area contributed by atoms with Gasteiger partial charge in [0.25, 0.3) is 0 Å². The molecular formula is C12H9NO2S. The Bertz CT molecular complexity index is 601. The Hall–Kier alpha value is -1.81. The Balaban J connectivity index is 2.31. The number of methoxy groups -OCH3 is 1. The van der Waals surface area contributed by atoms with Crippen LogP contribution in [0.5, 0.6) is 5.75 Å². The zero-order chi connectivity index (χ0) is 11.3. The van der Waals surface area contributed by atoms with Gasteiger partial charge in [0.2, 0.25) is 0 Å². The van der Waals surface area contributed by atoms with E-state index in [0.29, 0.717) is 16.1 Å². The van der Waals surface area contributed by atoms with Crippen molar-refractivity contribution in [1.29, 1.82) is 0 Å². The molecule has 1 aromatic heterocycles. The van der Waals surface area contributed by atoms with E-state index < -0.39 is 0 Å². The molecule has 0 spiro atoms. The summed E-state index contributed by atoms with van der Waals surface area (Å²) >= 11 is 1.40. The summed E-state index contributed by atoms with van der Waals surface area (Å²) in [6.45, 7) is 0. The van der Waals surface area contributed by atoms with Crippen LogP contribution in [0.15, 0.2) is 23.6 Å². The Labute approximate surface area is 96.5 Å². The monoisotopic (exact) mass is 231 g/mol. The molecule has 0 aliphatic heterocycles. The van der Waals surface area contributed by atoms with Crippen LogP contribution >= 0.6 is 11.3 Å². The van der Waals surface area contributed by atoms with Crippen LogP contribution in [-0.2, 0) is 0 Å². The van der Waals surface area contributed by atoms with E-state index in [1.807, 2.05) is 11.4 Å². The van der Waals surface area contributed by atoms with E-state index in [1.54, 1.807) is 19.2 Å². The summed E-state index contributed by atoms with van der Waals surface area (Å²) in [5.41, 5.74) is 9.01. The SMILES string of the molecule is COc1ccc2c(c1)-c1csc(N)c1C2=O. The summed E-state index contributed by atoms with van der Waals surface area (Å²) in [6, 6.07) is 5.47. The number of rotatable bonds is 1. The Morgan fingerprint density at radius 1 is 1.25 bits per heavy atom. The Morgan fingerprint density at radius 2 is 2.06 bits per heavy atom. The Kier molecular flexibility index (Phi) is 1.82. The fourth-order valence-electron chi connectivity index (χ4n) is 2.01. The van der Waals surface area contributed by atoms with E-state index in [1.165, 1.54) is 11.3 Å². The number of nitrogens with two attached hydrogens (primary N) is 1. The highest BCUT2D eigenvalue weighted by Crippen LogP contribution is 2.44. The van der Waals surface area contributed by atoms with Crippen molar-refractivity contribution in [3.8, 4) is 16.9 Å². The predicted molar refractivity (Wildman–Crippen MR) is 64.2 cm³/mol. The number of hydrogen-bond donors (Lipinski definition) is 1. The fourth-order valence-corrected chi connectivity index (χ4v) is 2.82. The predicted octanol–water partition coefficient (Wildman–Crippen LogP) is 2.55. The van der Waals surface area contributed by atoms with Gasteiger partial charge in [0.1, 0.15) is 5.75 Å². The van der Waals surface area contributed by atoms with Gasteiger partial charge in [0, 0.05) is 16.5 Å². The van der Waals surface area contributed by atoms with Crippen LogP contribution in [0.2, 0.25) is 0 Å². The zero-order valence-electron chi connectivity index (χ0n) is 8.61. The van der Waals surface area contributed by atoms with E-state index in [0.717, 1.165) is 16.9 Å². The van der Waals surface area contributed by atoms with E-state index >= 15 is 0 Å². The molecule has 0 bridgehead atoms. The molecule has 1 heterocycles. The van der Waals surface area contributed by atoms with Gasteiger partial charge in [0.15, 0.2) is 5.78 Å². The summed E-state index contributed by atoms with van der Waals surface area (Å²) in [4.78, 5) is 12.1. The van der Waals surface area contributed by atoms with Gasteiger partial charge < -0.3 is 10.5 Å². The number of hydrogen-bond acceptors (Lipinski definition) is 4. The van der Waals surface area contributed by atoms with Crippen LogP contribution in [0.4, 0.5) is 5.00 Å². The summed E-state index contributed by atoms with van der Waals surface area (Å²) in [5, 5.41) is 2.52. The Morgan fingerprint density at radius 3 is 2.81 bits per heavy atom. The molecule has 2 N–H and O–H groups in total. The van der Waals surface area contributed by atoms with Crippen LogP contribution in [-0.4, -0.2) is 12.9 Å². The van der Waals surface area contributed by atoms with Gasteiger partial charge in [-0.3, -0.25) is 4.79 Å². The van der Waals surface area contributed by atoms with Crippen molar-refractivity contribution in [3.63, 3.8) is 0 Å². The van der Waals surface area contributed by atoms with Crippen molar-refractivity contribution in [1.82, 2.24) is 0 Å². The average Bonchev–Trinajstić information content (AvgIpc) is 2.81. The maximum Gasteiger partial charge on any atom is 0.197 e. The number of ketones is 1. The van der Waals surface area contributed by atoms with Crippen LogP contribution in [0.25, 0.3) is 11.1 Å². The molecule has 0 fully saturated rings. The highest BCUT2D eigenvalue weighted by atomic mass is 32.1. The third-order valence-electron chi connectivity index (χ3n) is 2.81. The van der Waals surface area contributed by atoms with Crippen molar-refractivity contribution < 1.29 is 9.53 Å². The minimum atomic E-state index is 0.0198. The topological polar surface area (TPSA) is 52.3 Å². The molecule has 4 heteroatoms. The molecule has 0 amide bonds. The van der Waals surface area contributed by atoms with E-state index in [-0.39, 0.29) is 5.78 Å². The second-order valence-corrected chi connectivity index (χ2v) is 4.54. The summed E-state index contributed by atoms with van der Waals surface area (Å²) in [5.74, 6) is 0.774. The average molecular weight is 231 g/mol. The maximum absolute atomic E-state index is 12.1. The second kappa shape index (κ2) is 3.09. The van der Waals surface area contributed by atoms with Crippen LogP contribution in [0.1, 0.15) is 15.9 Å². The van der Waals surface area contributed by atoms with Gasteiger partial charge in [-0.05, 0) is 23.8 Å². The van der Waals surface area contributed by atoms with Crippen LogP contribution < -0.4 is 10.5 Å². The summed E-state index contributed by atoms with van der Waals surface area (Å²) in [6.07, 6.45) is 0. The molecular weight excluding hydrogens is 222 g/mol. The number of carbonyl (C=O) groups excluding carboxylic acids is 1. The molecule has 3 nitrogen and oxygen atoms in total. The number of ether oxygens (including phenoxy) is 1. The lowest BCUT2D eigenvalue weighted by molar-refractivity contribution is 0.104. The maximum atomic E-state index is 12.1. The molecule has 2 aromatic rings.